The molecule has 26 heavy (non-hydrogen) atoms. The lowest BCUT2D eigenvalue weighted by Crippen LogP contribution is -2.42. The minimum atomic E-state index is -0.0476. The normalized spacial score (nSPS) is 15.6. The Kier molecular flexibility index (Phi) is 6.52. The maximum Gasteiger partial charge on any atom is 0.317 e. The van der Waals surface area contributed by atoms with Gasteiger partial charge in [-0.05, 0) is 55.1 Å². The maximum absolute atomic E-state index is 12.6. The SMILES string of the molecule is COc1cccc(CN(C)C(=O)NCC(c2cccs2)N2CCCC2)c1. The van der Waals surface area contributed by atoms with Crippen molar-refractivity contribution in [3.63, 3.8) is 0 Å². The Bertz CT molecular complexity index is 699. The summed E-state index contributed by atoms with van der Waals surface area (Å²) in [4.78, 5) is 18.1. The molecule has 1 aliphatic rings. The number of thiophene rings is 1. The van der Waals surface area contributed by atoms with Crippen LogP contribution in [0.1, 0.15) is 29.3 Å². The molecule has 5 nitrogen and oxygen atoms in total. The third kappa shape index (κ3) is 4.77. The number of methoxy groups -OCH3 is 1. The van der Waals surface area contributed by atoms with Crippen LogP contribution in [0.4, 0.5) is 4.79 Å². The summed E-state index contributed by atoms with van der Waals surface area (Å²) in [6.45, 7) is 3.41. The minimum Gasteiger partial charge on any atom is -0.497 e. The Morgan fingerprint density at radius 2 is 2.12 bits per heavy atom. The molecule has 0 radical (unpaired) electrons. The van der Waals surface area contributed by atoms with Gasteiger partial charge in [-0.15, -0.1) is 11.3 Å². The minimum absolute atomic E-state index is 0.0476. The van der Waals surface area contributed by atoms with Gasteiger partial charge in [0.15, 0.2) is 0 Å². The topological polar surface area (TPSA) is 44.8 Å². The van der Waals surface area contributed by atoms with E-state index in [9.17, 15) is 4.79 Å². The number of urea groups is 1. The third-order valence-corrected chi connectivity index (χ3v) is 5.77. The molecule has 0 saturated carbocycles. The Labute approximate surface area is 159 Å². The van der Waals surface area contributed by atoms with Gasteiger partial charge in [-0.25, -0.2) is 4.79 Å². The number of nitrogens with one attached hydrogen (secondary N) is 1. The zero-order chi connectivity index (χ0) is 18.4. The smallest absolute Gasteiger partial charge is 0.317 e. The molecule has 1 aromatic carbocycles. The summed E-state index contributed by atoms with van der Waals surface area (Å²) in [6, 6.07) is 12.3. The number of benzene rings is 1. The molecule has 140 valence electrons. The number of likely N-dealkylation sites (tertiary alicyclic amines) is 1. The molecule has 0 aliphatic carbocycles. The fourth-order valence-corrected chi connectivity index (χ4v) is 4.24. The van der Waals surface area contributed by atoms with E-state index in [1.807, 2.05) is 31.3 Å². The zero-order valence-corrected chi connectivity index (χ0v) is 16.3. The average Bonchev–Trinajstić information content (AvgIpc) is 3.36. The standard InChI is InChI=1S/C20H27N3O2S/c1-22(15-16-7-5-8-17(13-16)25-2)20(24)21-14-18(19-9-6-12-26-19)23-10-3-4-11-23/h5-9,12-13,18H,3-4,10-11,14-15H2,1-2H3,(H,21,24). The molecule has 1 N–H and O–H groups in total. The van der Waals surface area contributed by atoms with E-state index < -0.39 is 0 Å². The van der Waals surface area contributed by atoms with Crippen LogP contribution in [0, 0.1) is 0 Å². The molecular weight excluding hydrogens is 346 g/mol. The fourth-order valence-electron chi connectivity index (χ4n) is 3.38. The van der Waals surface area contributed by atoms with Crippen LogP contribution in [-0.2, 0) is 6.54 Å². The van der Waals surface area contributed by atoms with Crippen LogP contribution in [0.15, 0.2) is 41.8 Å². The van der Waals surface area contributed by atoms with Crippen molar-refractivity contribution in [1.29, 1.82) is 0 Å². The lowest BCUT2D eigenvalue weighted by Gasteiger charge is -2.28. The second kappa shape index (κ2) is 9.05. The summed E-state index contributed by atoms with van der Waals surface area (Å²) >= 11 is 1.76. The molecule has 1 fully saturated rings. The van der Waals surface area contributed by atoms with Gasteiger partial charge in [0.05, 0.1) is 13.2 Å². The third-order valence-electron chi connectivity index (χ3n) is 4.80. The maximum atomic E-state index is 12.6. The van der Waals surface area contributed by atoms with E-state index in [0.29, 0.717) is 13.1 Å². The lowest BCUT2D eigenvalue weighted by molar-refractivity contribution is 0.196. The Morgan fingerprint density at radius 3 is 2.81 bits per heavy atom. The molecular formula is C20H27N3O2S. The highest BCUT2D eigenvalue weighted by molar-refractivity contribution is 7.10. The second-order valence-electron chi connectivity index (χ2n) is 6.67. The predicted molar refractivity (Wildman–Crippen MR) is 106 cm³/mol. The van der Waals surface area contributed by atoms with Crippen molar-refractivity contribution >= 4 is 17.4 Å². The van der Waals surface area contributed by atoms with Crippen LogP contribution < -0.4 is 10.1 Å². The number of carbonyl (C=O) groups is 1. The van der Waals surface area contributed by atoms with Crippen LogP contribution in [0.5, 0.6) is 5.75 Å². The summed E-state index contributed by atoms with van der Waals surface area (Å²) in [7, 11) is 3.48. The van der Waals surface area contributed by atoms with Crippen LogP contribution >= 0.6 is 11.3 Å². The molecule has 1 aromatic heterocycles. The number of ether oxygens (including phenoxy) is 1. The van der Waals surface area contributed by atoms with E-state index in [1.54, 1.807) is 23.3 Å². The summed E-state index contributed by atoms with van der Waals surface area (Å²) < 4.78 is 5.25. The first-order chi connectivity index (χ1) is 12.7. The van der Waals surface area contributed by atoms with E-state index in [2.05, 4.69) is 27.7 Å². The zero-order valence-electron chi connectivity index (χ0n) is 15.5. The largest absolute Gasteiger partial charge is 0.497 e. The molecule has 1 unspecified atom stereocenters. The van der Waals surface area contributed by atoms with Gasteiger partial charge in [0.1, 0.15) is 5.75 Å². The molecule has 0 bridgehead atoms. The molecule has 2 amide bonds. The number of hydrogen-bond acceptors (Lipinski definition) is 4. The first-order valence-electron chi connectivity index (χ1n) is 9.06. The molecule has 6 heteroatoms. The van der Waals surface area contributed by atoms with Gasteiger partial charge < -0.3 is 15.0 Å². The van der Waals surface area contributed by atoms with Crippen LogP contribution in [0.3, 0.4) is 0 Å². The first-order valence-corrected chi connectivity index (χ1v) is 9.94. The highest BCUT2D eigenvalue weighted by Gasteiger charge is 2.25. The highest BCUT2D eigenvalue weighted by Crippen LogP contribution is 2.27. The van der Waals surface area contributed by atoms with Crippen molar-refractivity contribution in [2.75, 3.05) is 33.8 Å². The molecule has 1 atom stereocenters. The van der Waals surface area contributed by atoms with Gasteiger partial charge >= 0.3 is 6.03 Å². The molecule has 1 aliphatic heterocycles. The number of nitrogens with zero attached hydrogens (tertiary/aromatic N) is 2. The lowest BCUT2D eigenvalue weighted by atomic mass is 10.2. The first kappa shape index (κ1) is 18.7. The van der Waals surface area contributed by atoms with Gasteiger partial charge in [0.25, 0.3) is 0 Å². The average molecular weight is 374 g/mol. The van der Waals surface area contributed by atoms with Gasteiger partial charge in [-0.2, -0.15) is 0 Å². The summed E-state index contributed by atoms with van der Waals surface area (Å²) in [5, 5.41) is 5.22. The molecule has 0 spiro atoms. The van der Waals surface area contributed by atoms with Crippen molar-refractivity contribution in [3.05, 3.63) is 52.2 Å². The van der Waals surface area contributed by atoms with Gasteiger partial charge in [0, 0.05) is 25.0 Å². The van der Waals surface area contributed by atoms with Crippen molar-refractivity contribution in [1.82, 2.24) is 15.1 Å². The van der Waals surface area contributed by atoms with Gasteiger partial charge in [-0.3, -0.25) is 4.90 Å². The number of carbonyl (C=O) groups excluding carboxylic acids is 1. The molecule has 2 heterocycles. The van der Waals surface area contributed by atoms with Crippen molar-refractivity contribution < 1.29 is 9.53 Å². The van der Waals surface area contributed by atoms with Gasteiger partial charge in [0.2, 0.25) is 0 Å². The van der Waals surface area contributed by atoms with Crippen LogP contribution in [0.2, 0.25) is 0 Å². The fraction of sp³-hybridized carbons (Fsp3) is 0.450. The number of hydrogen-bond donors (Lipinski definition) is 1. The number of rotatable bonds is 7. The Balaban J connectivity index is 1.57. The quantitative estimate of drug-likeness (QED) is 0.804. The molecule has 3 rings (SSSR count). The van der Waals surface area contributed by atoms with E-state index in [4.69, 9.17) is 4.74 Å². The van der Waals surface area contributed by atoms with Crippen molar-refractivity contribution in [3.8, 4) is 5.75 Å². The molecule has 1 saturated heterocycles. The predicted octanol–water partition coefficient (Wildman–Crippen LogP) is 3.74. The van der Waals surface area contributed by atoms with E-state index in [0.717, 1.165) is 24.4 Å². The van der Waals surface area contributed by atoms with Gasteiger partial charge in [-0.1, -0.05) is 18.2 Å². The summed E-state index contributed by atoms with van der Waals surface area (Å²) in [5.41, 5.74) is 1.05. The summed E-state index contributed by atoms with van der Waals surface area (Å²) in [5.74, 6) is 0.808. The van der Waals surface area contributed by atoms with E-state index in [-0.39, 0.29) is 12.1 Å². The Hall–Kier alpha value is -2.05. The van der Waals surface area contributed by atoms with Crippen molar-refractivity contribution in [2.45, 2.75) is 25.4 Å². The van der Waals surface area contributed by atoms with Crippen LogP contribution in [-0.4, -0.2) is 49.6 Å². The monoisotopic (exact) mass is 373 g/mol. The highest BCUT2D eigenvalue weighted by atomic mass is 32.1. The summed E-state index contributed by atoms with van der Waals surface area (Å²) in [6.07, 6.45) is 2.48. The van der Waals surface area contributed by atoms with E-state index >= 15 is 0 Å². The van der Waals surface area contributed by atoms with Crippen LogP contribution in [0.25, 0.3) is 0 Å². The Morgan fingerprint density at radius 1 is 1.31 bits per heavy atom. The van der Waals surface area contributed by atoms with E-state index in [1.165, 1.54) is 17.7 Å². The number of amides is 2. The molecule has 2 aromatic rings. The van der Waals surface area contributed by atoms with Crippen molar-refractivity contribution in [2.24, 2.45) is 0 Å². The second-order valence-corrected chi connectivity index (χ2v) is 7.65.